The van der Waals surface area contributed by atoms with Crippen LogP contribution in [0.4, 0.5) is 5.69 Å². The Morgan fingerprint density at radius 3 is 2.55 bits per heavy atom. The Bertz CT molecular complexity index is 428. The zero-order valence-electron chi connectivity index (χ0n) is 12.8. The molecule has 0 atom stereocenters. The molecule has 0 radical (unpaired) electrons. The molecule has 1 saturated carbocycles. The fourth-order valence-electron chi connectivity index (χ4n) is 3.13. The molecule has 0 amide bonds. The quantitative estimate of drug-likeness (QED) is 0.898. The van der Waals surface area contributed by atoms with Gasteiger partial charge in [0.05, 0.1) is 18.8 Å². The van der Waals surface area contributed by atoms with Crippen LogP contribution in [0.2, 0.25) is 0 Å². The van der Waals surface area contributed by atoms with E-state index in [1.54, 1.807) is 14.2 Å². The average Bonchev–Trinajstić information content (AvgIpc) is 2.54. The van der Waals surface area contributed by atoms with E-state index in [-0.39, 0.29) is 5.54 Å². The van der Waals surface area contributed by atoms with Crippen LogP contribution in [-0.2, 0) is 4.74 Å². The third-order valence-corrected chi connectivity index (χ3v) is 4.73. The van der Waals surface area contributed by atoms with Gasteiger partial charge in [-0.3, -0.25) is 0 Å². The second-order valence-corrected chi connectivity index (χ2v) is 5.62. The average molecular weight is 278 g/mol. The molecule has 1 aliphatic carbocycles. The lowest BCUT2D eigenvalue weighted by atomic mass is 9.79. The Balaban J connectivity index is 2.18. The second-order valence-electron chi connectivity index (χ2n) is 5.62. The smallest absolute Gasteiger partial charge is 0.120 e. The number of benzene rings is 1. The SMILES string of the molecule is COc1cccc(N(C)C2(CN)CCC(OC)CC2)c1. The molecule has 20 heavy (non-hydrogen) atoms. The fourth-order valence-corrected chi connectivity index (χ4v) is 3.13. The minimum Gasteiger partial charge on any atom is -0.497 e. The topological polar surface area (TPSA) is 47.7 Å². The lowest BCUT2D eigenvalue weighted by Crippen LogP contribution is -2.55. The summed E-state index contributed by atoms with van der Waals surface area (Å²) in [6, 6.07) is 8.17. The molecule has 4 nitrogen and oxygen atoms in total. The summed E-state index contributed by atoms with van der Waals surface area (Å²) in [7, 11) is 5.63. The fraction of sp³-hybridized carbons (Fsp3) is 0.625. The predicted molar refractivity (Wildman–Crippen MR) is 82.4 cm³/mol. The Kier molecular flexibility index (Phi) is 4.89. The van der Waals surface area contributed by atoms with E-state index in [0.29, 0.717) is 12.6 Å². The summed E-state index contributed by atoms with van der Waals surface area (Å²) in [5.74, 6) is 0.882. The van der Waals surface area contributed by atoms with Crippen molar-refractivity contribution in [3.05, 3.63) is 24.3 Å². The van der Waals surface area contributed by atoms with Crippen LogP contribution in [0, 0.1) is 0 Å². The van der Waals surface area contributed by atoms with E-state index in [1.807, 2.05) is 12.1 Å². The summed E-state index contributed by atoms with van der Waals surface area (Å²) in [4.78, 5) is 2.32. The molecule has 1 fully saturated rings. The monoisotopic (exact) mass is 278 g/mol. The van der Waals surface area contributed by atoms with Crippen molar-refractivity contribution in [2.75, 3.05) is 32.7 Å². The van der Waals surface area contributed by atoms with Crippen LogP contribution in [0.5, 0.6) is 5.75 Å². The van der Waals surface area contributed by atoms with Crippen molar-refractivity contribution in [2.45, 2.75) is 37.3 Å². The van der Waals surface area contributed by atoms with Crippen molar-refractivity contribution in [1.29, 1.82) is 0 Å². The highest BCUT2D eigenvalue weighted by atomic mass is 16.5. The predicted octanol–water partition coefficient (Wildman–Crippen LogP) is 2.42. The molecule has 0 unspecified atom stereocenters. The molecular weight excluding hydrogens is 252 g/mol. The lowest BCUT2D eigenvalue weighted by molar-refractivity contribution is 0.0505. The largest absolute Gasteiger partial charge is 0.497 e. The van der Waals surface area contributed by atoms with Crippen molar-refractivity contribution in [1.82, 2.24) is 0 Å². The molecule has 0 spiro atoms. The first kappa shape index (κ1) is 15.1. The van der Waals surface area contributed by atoms with Crippen LogP contribution in [-0.4, -0.2) is 39.5 Å². The van der Waals surface area contributed by atoms with Gasteiger partial charge in [-0.15, -0.1) is 0 Å². The van der Waals surface area contributed by atoms with Gasteiger partial charge < -0.3 is 20.1 Å². The number of methoxy groups -OCH3 is 2. The van der Waals surface area contributed by atoms with Gasteiger partial charge in [0, 0.05) is 32.5 Å². The first-order valence-electron chi connectivity index (χ1n) is 7.26. The summed E-state index contributed by atoms with van der Waals surface area (Å²) >= 11 is 0. The molecule has 112 valence electrons. The molecule has 2 N–H and O–H groups in total. The molecule has 0 saturated heterocycles. The Hall–Kier alpha value is -1.26. The van der Waals surface area contributed by atoms with Gasteiger partial charge >= 0.3 is 0 Å². The van der Waals surface area contributed by atoms with Gasteiger partial charge in [-0.25, -0.2) is 0 Å². The molecule has 1 aliphatic rings. The maximum absolute atomic E-state index is 6.12. The number of ether oxygens (including phenoxy) is 2. The van der Waals surface area contributed by atoms with E-state index in [4.69, 9.17) is 15.2 Å². The van der Waals surface area contributed by atoms with Gasteiger partial charge in [0.25, 0.3) is 0 Å². The van der Waals surface area contributed by atoms with Crippen molar-refractivity contribution in [2.24, 2.45) is 5.73 Å². The maximum Gasteiger partial charge on any atom is 0.120 e. The standard InChI is InChI=1S/C16H26N2O2/c1-18(13-5-4-6-15(11-13)20-3)16(12-17)9-7-14(19-2)8-10-16/h4-6,11,14H,7-10,12,17H2,1-3H3. The summed E-state index contributed by atoms with van der Waals surface area (Å²) in [5, 5.41) is 0. The van der Waals surface area contributed by atoms with E-state index in [1.165, 1.54) is 0 Å². The molecule has 0 bridgehead atoms. The van der Waals surface area contributed by atoms with Crippen molar-refractivity contribution in [3.63, 3.8) is 0 Å². The minimum absolute atomic E-state index is 0.0292. The van der Waals surface area contributed by atoms with E-state index in [2.05, 4.69) is 24.1 Å². The van der Waals surface area contributed by atoms with E-state index < -0.39 is 0 Å². The summed E-state index contributed by atoms with van der Waals surface area (Å²) < 4.78 is 10.8. The van der Waals surface area contributed by atoms with Gasteiger partial charge in [-0.05, 0) is 37.8 Å². The molecular formula is C16H26N2O2. The number of nitrogens with zero attached hydrogens (tertiary/aromatic N) is 1. The van der Waals surface area contributed by atoms with Gasteiger partial charge in [0.15, 0.2) is 0 Å². The molecule has 0 heterocycles. The highest BCUT2D eigenvalue weighted by Crippen LogP contribution is 2.36. The third-order valence-electron chi connectivity index (χ3n) is 4.73. The molecule has 0 aromatic heterocycles. The highest BCUT2D eigenvalue weighted by molar-refractivity contribution is 5.52. The molecule has 1 aromatic carbocycles. The zero-order chi connectivity index (χ0) is 14.6. The number of rotatable bonds is 5. The number of anilines is 1. The van der Waals surface area contributed by atoms with Gasteiger partial charge in [-0.2, -0.15) is 0 Å². The Labute approximate surface area is 121 Å². The van der Waals surface area contributed by atoms with Crippen molar-refractivity contribution in [3.8, 4) is 5.75 Å². The van der Waals surface area contributed by atoms with Crippen LogP contribution < -0.4 is 15.4 Å². The Morgan fingerprint density at radius 1 is 1.30 bits per heavy atom. The van der Waals surface area contributed by atoms with Crippen LogP contribution in [0.1, 0.15) is 25.7 Å². The first-order chi connectivity index (χ1) is 9.65. The number of hydrogen-bond donors (Lipinski definition) is 1. The lowest BCUT2D eigenvalue weighted by Gasteiger charge is -2.47. The zero-order valence-corrected chi connectivity index (χ0v) is 12.8. The van der Waals surface area contributed by atoms with Gasteiger partial charge in [-0.1, -0.05) is 6.07 Å². The molecule has 1 aromatic rings. The normalized spacial score (nSPS) is 26.3. The van der Waals surface area contributed by atoms with Crippen LogP contribution >= 0.6 is 0 Å². The molecule has 4 heteroatoms. The number of likely N-dealkylation sites (N-methyl/N-ethyl adjacent to an activating group) is 1. The highest BCUT2D eigenvalue weighted by Gasteiger charge is 2.38. The second kappa shape index (κ2) is 6.46. The van der Waals surface area contributed by atoms with Crippen molar-refractivity contribution < 1.29 is 9.47 Å². The van der Waals surface area contributed by atoms with Crippen LogP contribution in [0.3, 0.4) is 0 Å². The third kappa shape index (κ3) is 2.91. The van der Waals surface area contributed by atoms with Gasteiger partial charge in [0.2, 0.25) is 0 Å². The molecule has 2 rings (SSSR count). The number of nitrogens with two attached hydrogens (primary N) is 1. The van der Waals surface area contributed by atoms with Crippen LogP contribution in [0.25, 0.3) is 0 Å². The van der Waals surface area contributed by atoms with Crippen molar-refractivity contribution >= 4 is 5.69 Å². The number of hydrogen-bond acceptors (Lipinski definition) is 4. The Morgan fingerprint density at radius 2 is 2.00 bits per heavy atom. The molecule has 0 aliphatic heterocycles. The van der Waals surface area contributed by atoms with E-state index in [0.717, 1.165) is 37.1 Å². The minimum atomic E-state index is 0.0292. The summed E-state index contributed by atoms with van der Waals surface area (Å²) in [5.41, 5.74) is 7.31. The van der Waals surface area contributed by atoms with E-state index in [9.17, 15) is 0 Å². The first-order valence-corrected chi connectivity index (χ1v) is 7.26. The summed E-state index contributed by atoms with van der Waals surface area (Å²) in [6.07, 6.45) is 4.66. The summed E-state index contributed by atoms with van der Waals surface area (Å²) in [6.45, 7) is 0.664. The van der Waals surface area contributed by atoms with Crippen LogP contribution in [0.15, 0.2) is 24.3 Å². The van der Waals surface area contributed by atoms with Gasteiger partial charge in [0.1, 0.15) is 5.75 Å². The van der Waals surface area contributed by atoms with E-state index >= 15 is 0 Å². The maximum atomic E-state index is 6.12.